The van der Waals surface area contributed by atoms with E-state index in [9.17, 15) is 0 Å². The zero-order valence-corrected chi connectivity index (χ0v) is 6.45. The Labute approximate surface area is 58.2 Å². The van der Waals surface area contributed by atoms with E-state index in [1.54, 1.807) is 0 Å². The SMILES string of the molecule is CS1=CNCC1CCO. The number of aliphatic hydroxyl groups is 1. The summed E-state index contributed by atoms with van der Waals surface area (Å²) in [7, 11) is 0.393. The third kappa shape index (κ3) is 1.78. The fraction of sp³-hybridized carbons (Fsp3) is 0.833. The third-order valence-electron chi connectivity index (χ3n) is 1.59. The van der Waals surface area contributed by atoms with Crippen molar-refractivity contribution in [2.24, 2.45) is 0 Å². The van der Waals surface area contributed by atoms with Crippen LogP contribution >= 0.6 is 10.5 Å². The monoisotopic (exact) mass is 147 g/mol. The average molecular weight is 147 g/mol. The van der Waals surface area contributed by atoms with E-state index >= 15 is 0 Å². The maximum Gasteiger partial charge on any atom is 0.0441 e. The normalized spacial score (nSPS) is 34.4. The van der Waals surface area contributed by atoms with Gasteiger partial charge in [-0.15, -0.1) is 0 Å². The Hall–Kier alpha value is 0.140. The van der Waals surface area contributed by atoms with Gasteiger partial charge >= 0.3 is 0 Å². The lowest BCUT2D eigenvalue weighted by Gasteiger charge is -2.08. The van der Waals surface area contributed by atoms with Crippen molar-refractivity contribution in [1.29, 1.82) is 0 Å². The van der Waals surface area contributed by atoms with Crippen molar-refractivity contribution in [2.75, 3.05) is 19.4 Å². The van der Waals surface area contributed by atoms with Gasteiger partial charge in [0.1, 0.15) is 0 Å². The van der Waals surface area contributed by atoms with Gasteiger partial charge in [0.25, 0.3) is 0 Å². The van der Waals surface area contributed by atoms with Gasteiger partial charge in [0.15, 0.2) is 0 Å². The molecule has 0 spiro atoms. The molecule has 2 unspecified atom stereocenters. The zero-order chi connectivity index (χ0) is 6.69. The quantitative estimate of drug-likeness (QED) is 0.539. The van der Waals surface area contributed by atoms with E-state index in [4.69, 9.17) is 5.11 Å². The molecule has 0 saturated heterocycles. The first kappa shape index (κ1) is 7.25. The van der Waals surface area contributed by atoms with Crippen molar-refractivity contribution in [2.45, 2.75) is 11.7 Å². The summed E-state index contributed by atoms with van der Waals surface area (Å²) in [6, 6.07) is 0. The van der Waals surface area contributed by atoms with Crippen LogP contribution in [0.3, 0.4) is 0 Å². The van der Waals surface area contributed by atoms with E-state index in [0.717, 1.165) is 13.0 Å². The Balaban J connectivity index is 2.34. The van der Waals surface area contributed by atoms with Gasteiger partial charge in [-0.25, -0.2) is 0 Å². The molecule has 1 heterocycles. The smallest absolute Gasteiger partial charge is 0.0441 e. The number of hydrogen-bond acceptors (Lipinski definition) is 2. The lowest BCUT2D eigenvalue weighted by molar-refractivity contribution is 0.287. The molecule has 0 aromatic heterocycles. The van der Waals surface area contributed by atoms with Gasteiger partial charge in [-0.2, -0.15) is 10.5 Å². The first-order valence-corrected chi connectivity index (χ1v) is 4.91. The summed E-state index contributed by atoms with van der Waals surface area (Å²) in [5.41, 5.74) is 2.14. The topological polar surface area (TPSA) is 32.3 Å². The summed E-state index contributed by atoms with van der Waals surface area (Å²) in [6.45, 7) is 1.39. The Kier molecular flexibility index (Phi) is 2.69. The molecule has 0 amide bonds. The summed E-state index contributed by atoms with van der Waals surface area (Å²) in [4.78, 5) is 0. The van der Waals surface area contributed by atoms with E-state index in [1.165, 1.54) is 0 Å². The maximum atomic E-state index is 8.61. The molecule has 2 atom stereocenters. The van der Waals surface area contributed by atoms with Crippen LogP contribution in [0.5, 0.6) is 0 Å². The summed E-state index contributed by atoms with van der Waals surface area (Å²) in [5.74, 6) is 0. The van der Waals surface area contributed by atoms with Crippen LogP contribution in [0.2, 0.25) is 0 Å². The van der Waals surface area contributed by atoms with Gasteiger partial charge in [-0.3, -0.25) is 5.32 Å². The van der Waals surface area contributed by atoms with Gasteiger partial charge < -0.3 is 5.11 Å². The second-order valence-corrected chi connectivity index (χ2v) is 4.39. The molecule has 1 rings (SSSR count). The molecule has 1 aliphatic rings. The van der Waals surface area contributed by atoms with Crippen molar-refractivity contribution < 1.29 is 5.11 Å². The van der Waals surface area contributed by atoms with Crippen LogP contribution in [0.4, 0.5) is 0 Å². The third-order valence-corrected chi connectivity index (χ3v) is 3.58. The highest BCUT2D eigenvalue weighted by atomic mass is 32.2. The minimum Gasteiger partial charge on any atom is -0.396 e. The second kappa shape index (κ2) is 3.34. The molecule has 0 saturated carbocycles. The number of nitrogens with one attached hydrogen (secondary N) is 1. The zero-order valence-electron chi connectivity index (χ0n) is 5.63. The molecule has 0 bridgehead atoms. The van der Waals surface area contributed by atoms with E-state index in [1.807, 2.05) is 0 Å². The van der Waals surface area contributed by atoms with Crippen LogP contribution in [0.1, 0.15) is 6.42 Å². The molecule has 0 aromatic carbocycles. The van der Waals surface area contributed by atoms with Crippen LogP contribution in [0.25, 0.3) is 0 Å². The van der Waals surface area contributed by atoms with Gasteiger partial charge in [0, 0.05) is 23.9 Å². The van der Waals surface area contributed by atoms with Gasteiger partial charge in [-0.05, 0) is 12.7 Å². The predicted molar refractivity (Wildman–Crippen MR) is 43.1 cm³/mol. The number of rotatable bonds is 2. The molecule has 9 heavy (non-hydrogen) atoms. The molecule has 2 N–H and O–H groups in total. The molecule has 2 nitrogen and oxygen atoms in total. The summed E-state index contributed by atoms with van der Waals surface area (Å²) in [5, 5.41) is 12.5. The minimum atomic E-state index is 0.331. The molecule has 3 heteroatoms. The van der Waals surface area contributed by atoms with Crippen LogP contribution in [0, 0.1) is 0 Å². The Morgan fingerprint density at radius 2 is 2.67 bits per heavy atom. The first-order chi connectivity index (χ1) is 4.34. The molecule has 54 valence electrons. The highest BCUT2D eigenvalue weighted by molar-refractivity contribution is 8.15. The van der Waals surface area contributed by atoms with E-state index < -0.39 is 0 Å². The van der Waals surface area contributed by atoms with Crippen molar-refractivity contribution in [3.8, 4) is 0 Å². The van der Waals surface area contributed by atoms with E-state index in [2.05, 4.69) is 17.1 Å². The highest BCUT2D eigenvalue weighted by Crippen LogP contribution is 2.20. The molecular weight excluding hydrogens is 134 g/mol. The van der Waals surface area contributed by atoms with E-state index in [-0.39, 0.29) is 0 Å². The number of hydrogen-bond donors (Lipinski definition) is 2. The van der Waals surface area contributed by atoms with Crippen molar-refractivity contribution in [1.82, 2.24) is 5.32 Å². The van der Waals surface area contributed by atoms with Crippen LogP contribution in [-0.2, 0) is 0 Å². The van der Waals surface area contributed by atoms with Crippen LogP contribution in [-0.4, -0.2) is 35.3 Å². The van der Waals surface area contributed by atoms with Crippen molar-refractivity contribution in [3.05, 3.63) is 0 Å². The Morgan fingerprint density at radius 1 is 1.89 bits per heavy atom. The summed E-state index contributed by atoms with van der Waals surface area (Å²) >= 11 is 0. The van der Waals surface area contributed by atoms with E-state index in [0.29, 0.717) is 22.3 Å². The first-order valence-electron chi connectivity index (χ1n) is 3.15. The fourth-order valence-corrected chi connectivity index (χ4v) is 2.36. The van der Waals surface area contributed by atoms with Crippen LogP contribution in [0.15, 0.2) is 0 Å². The molecule has 1 aliphatic heterocycles. The number of aliphatic hydroxyl groups excluding tert-OH is 1. The fourth-order valence-electron chi connectivity index (χ4n) is 0.971. The largest absolute Gasteiger partial charge is 0.396 e. The standard InChI is InChI=1S/C6H13NOS/c1-9-5-7-4-6(9)2-3-8/h5-8H,2-4H2,1H3. The lowest BCUT2D eigenvalue weighted by Crippen LogP contribution is -2.16. The Morgan fingerprint density at radius 3 is 3.11 bits per heavy atom. The molecule has 0 radical (unpaired) electrons. The second-order valence-electron chi connectivity index (χ2n) is 2.27. The maximum absolute atomic E-state index is 8.61. The van der Waals surface area contributed by atoms with Crippen molar-refractivity contribution >= 4 is 16.0 Å². The molecule has 0 fully saturated rings. The predicted octanol–water partition coefficient (Wildman–Crippen LogP) is -0.00100. The van der Waals surface area contributed by atoms with Crippen molar-refractivity contribution in [3.63, 3.8) is 0 Å². The highest BCUT2D eigenvalue weighted by Gasteiger charge is 2.12. The van der Waals surface area contributed by atoms with Crippen LogP contribution < -0.4 is 5.32 Å². The average Bonchev–Trinajstić information content (AvgIpc) is 2.18. The summed E-state index contributed by atoms with van der Waals surface area (Å²) < 4.78 is 0. The van der Waals surface area contributed by atoms with Gasteiger partial charge in [0.2, 0.25) is 0 Å². The molecular formula is C6H13NOS. The Bertz CT molecular complexity index is 124. The molecule has 0 aliphatic carbocycles. The van der Waals surface area contributed by atoms with Gasteiger partial charge in [-0.1, -0.05) is 0 Å². The lowest BCUT2D eigenvalue weighted by atomic mass is 10.3. The summed E-state index contributed by atoms with van der Waals surface area (Å²) in [6.07, 6.45) is 3.16. The van der Waals surface area contributed by atoms with Gasteiger partial charge in [0.05, 0.1) is 0 Å². The minimum absolute atomic E-state index is 0.331. The molecule has 0 aromatic rings.